The van der Waals surface area contributed by atoms with Crippen molar-refractivity contribution in [1.82, 2.24) is 4.90 Å². The number of carbonyl (C=O) groups is 2. The molecule has 20 heavy (non-hydrogen) atoms. The Balaban J connectivity index is 2.08. The standard InChI is InChI=1S/C14H18N2O4/c1-19-10-5-6-11(12(9-10)20-2)15-13(17)14(18)16-7-3-4-8-16/h5-6,9H,3-4,7-8H2,1-2H3,(H,15,17). The summed E-state index contributed by atoms with van der Waals surface area (Å²) >= 11 is 0. The van der Waals surface area contributed by atoms with Crippen molar-refractivity contribution in [2.24, 2.45) is 0 Å². The predicted octanol–water partition coefficient (Wildman–Crippen LogP) is 1.26. The third-order valence-corrected chi connectivity index (χ3v) is 3.24. The Morgan fingerprint density at radius 3 is 2.45 bits per heavy atom. The summed E-state index contributed by atoms with van der Waals surface area (Å²) < 4.78 is 10.3. The number of anilines is 1. The van der Waals surface area contributed by atoms with Gasteiger partial charge in [0, 0.05) is 19.2 Å². The van der Waals surface area contributed by atoms with Crippen molar-refractivity contribution >= 4 is 17.5 Å². The Hall–Kier alpha value is -2.24. The smallest absolute Gasteiger partial charge is 0.314 e. The van der Waals surface area contributed by atoms with Gasteiger partial charge in [0.15, 0.2) is 0 Å². The van der Waals surface area contributed by atoms with Gasteiger partial charge in [0.25, 0.3) is 0 Å². The fourth-order valence-corrected chi connectivity index (χ4v) is 2.14. The van der Waals surface area contributed by atoms with Gasteiger partial charge in [-0.25, -0.2) is 0 Å². The van der Waals surface area contributed by atoms with Gasteiger partial charge >= 0.3 is 11.8 Å². The lowest BCUT2D eigenvalue weighted by molar-refractivity contribution is -0.142. The van der Waals surface area contributed by atoms with Gasteiger partial charge in [0.1, 0.15) is 11.5 Å². The van der Waals surface area contributed by atoms with Crippen LogP contribution in [0.15, 0.2) is 18.2 Å². The highest BCUT2D eigenvalue weighted by Gasteiger charge is 2.25. The average molecular weight is 278 g/mol. The Morgan fingerprint density at radius 2 is 1.85 bits per heavy atom. The van der Waals surface area contributed by atoms with Crippen molar-refractivity contribution < 1.29 is 19.1 Å². The van der Waals surface area contributed by atoms with E-state index in [4.69, 9.17) is 9.47 Å². The molecule has 0 aromatic heterocycles. The van der Waals surface area contributed by atoms with Crippen LogP contribution in [0, 0.1) is 0 Å². The van der Waals surface area contributed by atoms with Gasteiger partial charge in [-0.3, -0.25) is 9.59 Å². The summed E-state index contributed by atoms with van der Waals surface area (Å²) in [6.45, 7) is 1.29. The number of amides is 2. The molecule has 1 aliphatic rings. The minimum Gasteiger partial charge on any atom is -0.497 e. The van der Waals surface area contributed by atoms with Crippen LogP contribution in [0.3, 0.4) is 0 Å². The van der Waals surface area contributed by atoms with Crippen LogP contribution in [0.4, 0.5) is 5.69 Å². The molecule has 1 heterocycles. The van der Waals surface area contributed by atoms with Crippen molar-refractivity contribution in [1.29, 1.82) is 0 Å². The molecule has 1 N–H and O–H groups in total. The van der Waals surface area contributed by atoms with Gasteiger partial charge in [0.05, 0.1) is 19.9 Å². The molecular weight excluding hydrogens is 260 g/mol. The van der Waals surface area contributed by atoms with E-state index in [9.17, 15) is 9.59 Å². The van der Waals surface area contributed by atoms with Crippen molar-refractivity contribution in [3.63, 3.8) is 0 Å². The van der Waals surface area contributed by atoms with Crippen LogP contribution in [0.25, 0.3) is 0 Å². The number of rotatable bonds is 3. The molecule has 6 heteroatoms. The fourth-order valence-electron chi connectivity index (χ4n) is 2.14. The van der Waals surface area contributed by atoms with Crippen LogP contribution in [0.2, 0.25) is 0 Å². The highest BCUT2D eigenvalue weighted by molar-refractivity contribution is 6.39. The van der Waals surface area contributed by atoms with Gasteiger partial charge < -0.3 is 19.7 Å². The molecule has 1 aliphatic heterocycles. The Morgan fingerprint density at radius 1 is 1.15 bits per heavy atom. The summed E-state index contributed by atoms with van der Waals surface area (Å²) in [7, 11) is 3.04. The molecule has 6 nitrogen and oxygen atoms in total. The molecule has 0 atom stereocenters. The Kier molecular flexibility index (Phi) is 4.45. The number of nitrogens with one attached hydrogen (secondary N) is 1. The topological polar surface area (TPSA) is 67.9 Å². The zero-order valence-corrected chi connectivity index (χ0v) is 11.6. The summed E-state index contributed by atoms with van der Waals surface area (Å²) in [5.41, 5.74) is 0.450. The van der Waals surface area contributed by atoms with E-state index in [0.717, 1.165) is 12.8 Å². The van der Waals surface area contributed by atoms with E-state index < -0.39 is 11.8 Å². The number of ether oxygens (including phenoxy) is 2. The van der Waals surface area contributed by atoms with E-state index in [0.29, 0.717) is 30.3 Å². The SMILES string of the molecule is COc1ccc(NC(=O)C(=O)N2CCCC2)c(OC)c1. The molecule has 0 spiro atoms. The Bertz CT molecular complexity index is 510. The maximum absolute atomic E-state index is 11.9. The molecule has 1 aromatic carbocycles. The van der Waals surface area contributed by atoms with Gasteiger partial charge in [-0.2, -0.15) is 0 Å². The Labute approximate surface area is 117 Å². The molecule has 0 aliphatic carbocycles. The van der Waals surface area contributed by atoms with Crippen molar-refractivity contribution in [3.05, 3.63) is 18.2 Å². The van der Waals surface area contributed by atoms with E-state index >= 15 is 0 Å². The predicted molar refractivity (Wildman–Crippen MR) is 74.0 cm³/mol. The number of methoxy groups -OCH3 is 2. The quantitative estimate of drug-likeness (QED) is 0.845. The summed E-state index contributed by atoms with van der Waals surface area (Å²) in [6.07, 6.45) is 1.90. The first kappa shape index (κ1) is 14.2. The number of benzene rings is 1. The summed E-state index contributed by atoms with van der Waals surface area (Å²) in [4.78, 5) is 25.4. The summed E-state index contributed by atoms with van der Waals surface area (Å²) in [5, 5.41) is 2.58. The normalized spacial score (nSPS) is 14.0. The van der Waals surface area contributed by atoms with E-state index in [1.54, 1.807) is 30.2 Å². The van der Waals surface area contributed by atoms with Gasteiger partial charge in [0.2, 0.25) is 0 Å². The van der Waals surface area contributed by atoms with Gasteiger partial charge in [-0.15, -0.1) is 0 Å². The highest BCUT2D eigenvalue weighted by Crippen LogP contribution is 2.29. The van der Waals surface area contributed by atoms with E-state index in [1.165, 1.54) is 7.11 Å². The van der Waals surface area contributed by atoms with Gasteiger partial charge in [-0.05, 0) is 25.0 Å². The third kappa shape index (κ3) is 3.01. The molecule has 0 unspecified atom stereocenters. The molecule has 0 bridgehead atoms. The van der Waals surface area contributed by atoms with E-state index in [2.05, 4.69) is 5.32 Å². The maximum atomic E-state index is 11.9. The van der Waals surface area contributed by atoms with Crippen LogP contribution < -0.4 is 14.8 Å². The second-order valence-corrected chi connectivity index (χ2v) is 4.52. The third-order valence-electron chi connectivity index (χ3n) is 3.24. The van der Waals surface area contributed by atoms with Crippen molar-refractivity contribution in [2.45, 2.75) is 12.8 Å². The van der Waals surface area contributed by atoms with Crippen LogP contribution in [-0.2, 0) is 9.59 Å². The van der Waals surface area contributed by atoms with E-state index in [1.807, 2.05) is 0 Å². The highest BCUT2D eigenvalue weighted by atomic mass is 16.5. The number of likely N-dealkylation sites (tertiary alicyclic amines) is 1. The molecule has 1 fully saturated rings. The molecular formula is C14H18N2O4. The number of hydrogen-bond donors (Lipinski definition) is 1. The molecule has 2 rings (SSSR count). The zero-order chi connectivity index (χ0) is 14.5. The molecule has 2 amide bonds. The lowest BCUT2D eigenvalue weighted by Crippen LogP contribution is -2.37. The average Bonchev–Trinajstić information content (AvgIpc) is 3.00. The molecule has 1 saturated heterocycles. The maximum Gasteiger partial charge on any atom is 0.314 e. The number of carbonyl (C=O) groups excluding carboxylic acids is 2. The summed E-state index contributed by atoms with van der Waals surface area (Å²) in [6, 6.07) is 4.99. The lowest BCUT2D eigenvalue weighted by Gasteiger charge is -2.16. The molecule has 0 radical (unpaired) electrons. The fraction of sp³-hybridized carbons (Fsp3) is 0.429. The minimum atomic E-state index is -0.643. The van der Waals surface area contributed by atoms with Gasteiger partial charge in [-0.1, -0.05) is 0 Å². The van der Waals surface area contributed by atoms with Crippen LogP contribution in [0.5, 0.6) is 11.5 Å². The van der Waals surface area contributed by atoms with Crippen LogP contribution in [-0.4, -0.2) is 44.0 Å². The first-order chi connectivity index (χ1) is 9.65. The first-order valence-corrected chi connectivity index (χ1v) is 6.48. The number of hydrogen-bond acceptors (Lipinski definition) is 4. The second kappa shape index (κ2) is 6.27. The number of nitrogens with zero attached hydrogens (tertiary/aromatic N) is 1. The monoisotopic (exact) mass is 278 g/mol. The van der Waals surface area contributed by atoms with Crippen molar-refractivity contribution in [3.8, 4) is 11.5 Å². The second-order valence-electron chi connectivity index (χ2n) is 4.52. The molecule has 0 saturated carbocycles. The summed E-state index contributed by atoms with van der Waals surface area (Å²) in [5.74, 6) is -0.0756. The largest absolute Gasteiger partial charge is 0.497 e. The van der Waals surface area contributed by atoms with Crippen LogP contribution in [0.1, 0.15) is 12.8 Å². The van der Waals surface area contributed by atoms with E-state index in [-0.39, 0.29) is 0 Å². The zero-order valence-electron chi connectivity index (χ0n) is 11.6. The lowest BCUT2D eigenvalue weighted by atomic mass is 10.2. The molecule has 108 valence electrons. The minimum absolute atomic E-state index is 0.450. The molecule has 1 aromatic rings. The van der Waals surface area contributed by atoms with Crippen molar-refractivity contribution in [2.75, 3.05) is 32.6 Å². The van der Waals surface area contributed by atoms with Crippen LogP contribution >= 0.6 is 0 Å². The first-order valence-electron chi connectivity index (χ1n) is 6.48.